The molecule has 100 valence electrons. The average molecular weight is 245 g/mol. The fourth-order valence-corrected chi connectivity index (χ4v) is 1.24. The van der Waals surface area contributed by atoms with Gasteiger partial charge in [-0.15, -0.1) is 0 Å². The largest absolute Gasteiger partial charge is 0.480 e. The zero-order valence-corrected chi connectivity index (χ0v) is 11.2. The first-order valence-corrected chi connectivity index (χ1v) is 5.88. The number of ether oxygens (including phenoxy) is 1. The lowest BCUT2D eigenvalue weighted by Gasteiger charge is -2.23. The molecular formula is C12H23NO4. The first kappa shape index (κ1) is 15.7. The van der Waals surface area contributed by atoms with E-state index in [1.807, 2.05) is 13.8 Å². The van der Waals surface area contributed by atoms with Gasteiger partial charge in [-0.05, 0) is 33.1 Å². The number of alkyl carbamates (subject to hydrolysis) is 1. The van der Waals surface area contributed by atoms with Crippen molar-refractivity contribution in [2.75, 3.05) is 0 Å². The molecule has 0 radical (unpaired) electrons. The highest BCUT2D eigenvalue weighted by Gasteiger charge is 2.24. The van der Waals surface area contributed by atoms with Crippen LogP contribution in [0.2, 0.25) is 0 Å². The highest BCUT2D eigenvalue weighted by Crippen LogP contribution is 2.12. The number of carboxylic acid groups (broad SMARTS) is 1. The number of carbonyl (C=O) groups excluding carboxylic acids is 1. The van der Waals surface area contributed by atoms with Crippen molar-refractivity contribution in [3.05, 3.63) is 0 Å². The molecule has 0 bridgehead atoms. The second-order valence-corrected chi connectivity index (χ2v) is 5.29. The highest BCUT2D eigenvalue weighted by molar-refractivity contribution is 5.79. The van der Waals surface area contributed by atoms with Gasteiger partial charge in [-0.25, -0.2) is 9.59 Å². The maximum Gasteiger partial charge on any atom is 0.408 e. The lowest BCUT2D eigenvalue weighted by molar-refractivity contribution is -0.140. The summed E-state index contributed by atoms with van der Waals surface area (Å²) in [5.74, 6) is -0.790. The summed E-state index contributed by atoms with van der Waals surface area (Å²) < 4.78 is 5.02. The Morgan fingerprint density at radius 2 is 1.88 bits per heavy atom. The zero-order chi connectivity index (χ0) is 13.6. The third-order valence-corrected chi connectivity index (χ3v) is 2.32. The van der Waals surface area contributed by atoms with Crippen LogP contribution in [0.25, 0.3) is 0 Å². The van der Waals surface area contributed by atoms with Crippen LogP contribution in [0.3, 0.4) is 0 Å². The van der Waals surface area contributed by atoms with E-state index in [0.29, 0.717) is 6.42 Å². The first-order chi connectivity index (χ1) is 7.65. The van der Waals surface area contributed by atoms with Crippen molar-refractivity contribution in [3.63, 3.8) is 0 Å². The summed E-state index contributed by atoms with van der Waals surface area (Å²) in [7, 11) is 0. The maximum atomic E-state index is 11.4. The molecule has 0 heterocycles. The Balaban J connectivity index is 4.35. The summed E-state index contributed by atoms with van der Waals surface area (Å²) in [5, 5.41) is 11.4. The average Bonchev–Trinajstić information content (AvgIpc) is 2.13. The van der Waals surface area contributed by atoms with Crippen LogP contribution < -0.4 is 5.32 Å². The number of hydrogen-bond donors (Lipinski definition) is 2. The summed E-state index contributed by atoms with van der Waals surface area (Å²) in [6, 6.07) is -0.889. The molecule has 2 atom stereocenters. The van der Waals surface area contributed by atoms with Crippen LogP contribution in [0.15, 0.2) is 0 Å². The van der Waals surface area contributed by atoms with Gasteiger partial charge < -0.3 is 15.2 Å². The molecule has 0 saturated heterocycles. The van der Waals surface area contributed by atoms with Crippen molar-refractivity contribution in [3.8, 4) is 0 Å². The van der Waals surface area contributed by atoms with Gasteiger partial charge in [-0.1, -0.05) is 20.3 Å². The zero-order valence-electron chi connectivity index (χ0n) is 11.2. The minimum atomic E-state index is -1.03. The van der Waals surface area contributed by atoms with E-state index in [0.717, 1.165) is 6.42 Å². The molecule has 17 heavy (non-hydrogen) atoms. The molecule has 5 nitrogen and oxygen atoms in total. The van der Waals surface area contributed by atoms with Crippen LogP contribution in [-0.4, -0.2) is 28.8 Å². The molecule has 1 amide bonds. The van der Waals surface area contributed by atoms with Crippen molar-refractivity contribution in [2.24, 2.45) is 5.92 Å². The normalized spacial score (nSPS) is 14.9. The molecule has 0 aliphatic rings. The number of aliphatic carboxylic acids is 1. The summed E-state index contributed by atoms with van der Waals surface area (Å²) >= 11 is 0. The molecule has 5 heteroatoms. The lowest BCUT2D eigenvalue weighted by Crippen LogP contribution is -2.44. The van der Waals surface area contributed by atoms with E-state index in [1.165, 1.54) is 0 Å². The molecule has 0 aromatic carbocycles. The van der Waals surface area contributed by atoms with Gasteiger partial charge in [0.2, 0.25) is 0 Å². The minimum Gasteiger partial charge on any atom is -0.480 e. The highest BCUT2D eigenvalue weighted by atomic mass is 16.6. The van der Waals surface area contributed by atoms with Gasteiger partial charge in [0.25, 0.3) is 0 Å². The van der Waals surface area contributed by atoms with Crippen molar-refractivity contribution < 1.29 is 19.4 Å². The van der Waals surface area contributed by atoms with Crippen LogP contribution >= 0.6 is 0 Å². The molecule has 2 unspecified atom stereocenters. The Kier molecular flexibility index (Phi) is 5.99. The fraction of sp³-hybridized carbons (Fsp3) is 0.833. The minimum absolute atomic E-state index is 0.242. The molecule has 0 aromatic rings. The Labute approximate surface area is 103 Å². The number of amides is 1. The second kappa shape index (κ2) is 6.47. The fourth-order valence-electron chi connectivity index (χ4n) is 1.24. The van der Waals surface area contributed by atoms with Crippen molar-refractivity contribution in [1.82, 2.24) is 5.32 Å². The Hall–Kier alpha value is -1.26. The molecule has 0 aliphatic heterocycles. The Bertz CT molecular complexity index is 270. The summed E-state index contributed by atoms with van der Waals surface area (Å²) in [5.41, 5.74) is -0.622. The summed E-state index contributed by atoms with van der Waals surface area (Å²) in [6.45, 7) is 9.13. The van der Waals surface area contributed by atoms with Crippen LogP contribution in [0.5, 0.6) is 0 Å². The second-order valence-electron chi connectivity index (χ2n) is 5.29. The van der Waals surface area contributed by atoms with E-state index in [-0.39, 0.29) is 5.92 Å². The number of carbonyl (C=O) groups is 2. The predicted octanol–water partition coefficient (Wildman–Crippen LogP) is 2.40. The van der Waals surface area contributed by atoms with Gasteiger partial charge in [0.15, 0.2) is 0 Å². The van der Waals surface area contributed by atoms with E-state index in [1.54, 1.807) is 20.8 Å². The molecule has 0 rings (SSSR count). The molecule has 0 aliphatic carbocycles. The third-order valence-electron chi connectivity index (χ3n) is 2.32. The third kappa shape index (κ3) is 7.60. The lowest BCUT2D eigenvalue weighted by atomic mass is 9.99. The first-order valence-electron chi connectivity index (χ1n) is 5.88. The van der Waals surface area contributed by atoms with Crippen LogP contribution in [0.1, 0.15) is 47.5 Å². The predicted molar refractivity (Wildman–Crippen MR) is 64.9 cm³/mol. The van der Waals surface area contributed by atoms with Crippen LogP contribution in [-0.2, 0) is 9.53 Å². The monoisotopic (exact) mass is 245 g/mol. The van der Waals surface area contributed by atoms with Gasteiger partial charge >= 0.3 is 12.1 Å². The molecule has 0 fully saturated rings. The van der Waals surface area contributed by atoms with E-state index < -0.39 is 23.7 Å². The van der Waals surface area contributed by atoms with Gasteiger partial charge in [-0.2, -0.15) is 0 Å². The van der Waals surface area contributed by atoms with Crippen molar-refractivity contribution >= 4 is 12.1 Å². The molecule has 0 aromatic heterocycles. The number of hydrogen-bond acceptors (Lipinski definition) is 3. The molecule has 0 saturated carbocycles. The Morgan fingerprint density at radius 3 is 2.24 bits per heavy atom. The summed E-state index contributed by atoms with van der Waals surface area (Å²) in [4.78, 5) is 22.4. The maximum absolute atomic E-state index is 11.4. The SMILES string of the molecule is CCC(C)CC(NC(=O)OC(C)(C)C)C(=O)O. The van der Waals surface area contributed by atoms with Crippen LogP contribution in [0.4, 0.5) is 4.79 Å². The number of nitrogens with one attached hydrogen (secondary N) is 1. The van der Waals surface area contributed by atoms with Crippen molar-refractivity contribution in [1.29, 1.82) is 0 Å². The number of carboxylic acids is 1. The summed E-state index contributed by atoms with van der Waals surface area (Å²) in [6.07, 6.45) is 0.596. The van der Waals surface area contributed by atoms with Crippen LogP contribution in [0, 0.1) is 5.92 Å². The van der Waals surface area contributed by atoms with Crippen molar-refractivity contribution in [2.45, 2.75) is 59.1 Å². The van der Waals surface area contributed by atoms with Gasteiger partial charge in [0.1, 0.15) is 11.6 Å². The van der Waals surface area contributed by atoms with E-state index in [2.05, 4.69) is 5.32 Å². The van der Waals surface area contributed by atoms with Gasteiger partial charge in [0, 0.05) is 0 Å². The topological polar surface area (TPSA) is 75.6 Å². The van der Waals surface area contributed by atoms with Gasteiger partial charge in [0.05, 0.1) is 0 Å². The molecule has 0 spiro atoms. The Morgan fingerprint density at radius 1 is 1.35 bits per heavy atom. The van der Waals surface area contributed by atoms with Gasteiger partial charge in [-0.3, -0.25) is 0 Å². The van der Waals surface area contributed by atoms with E-state index >= 15 is 0 Å². The van der Waals surface area contributed by atoms with E-state index in [9.17, 15) is 9.59 Å². The standard InChI is InChI=1S/C12H23NO4/c1-6-8(2)7-9(10(14)15)13-11(16)17-12(3,4)5/h8-9H,6-7H2,1-5H3,(H,13,16)(H,14,15). The molecule has 2 N–H and O–H groups in total. The van der Waals surface area contributed by atoms with E-state index in [4.69, 9.17) is 9.84 Å². The quantitative estimate of drug-likeness (QED) is 0.779. The number of rotatable bonds is 5. The molecular weight excluding hydrogens is 222 g/mol. The smallest absolute Gasteiger partial charge is 0.408 e.